The Morgan fingerprint density at radius 2 is 1.86 bits per heavy atom. The second-order valence-corrected chi connectivity index (χ2v) is 8.22. The number of carbonyl (C=O) groups excluding carboxylic acids is 2. The summed E-state index contributed by atoms with van der Waals surface area (Å²) in [6.07, 6.45) is 3.09. The summed E-state index contributed by atoms with van der Waals surface area (Å²) in [5, 5.41) is 10.3. The molecule has 0 spiro atoms. The number of aromatic nitrogens is 1. The Balaban J connectivity index is 1.64. The second-order valence-electron chi connectivity index (χ2n) is 8.22. The summed E-state index contributed by atoms with van der Waals surface area (Å²) in [5.74, 6) is 0.761. The first-order valence-electron chi connectivity index (χ1n) is 11.2. The molecule has 1 aromatic heterocycles. The highest BCUT2D eigenvalue weighted by Gasteiger charge is 2.36. The summed E-state index contributed by atoms with van der Waals surface area (Å²) in [4.78, 5) is 31.7. The second kappa shape index (κ2) is 11.5. The van der Waals surface area contributed by atoms with Crippen molar-refractivity contribution in [3.63, 3.8) is 0 Å². The van der Waals surface area contributed by atoms with Crippen molar-refractivity contribution in [3.05, 3.63) is 47.3 Å². The van der Waals surface area contributed by atoms with Crippen molar-refractivity contribution in [3.8, 4) is 17.2 Å². The largest absolute Gasteiger partial charge is 0.493 e. The number of nitrogen functional groups attached to an aromatic ring is 1. The van der Waals surface area contributed by atoms with Crippen LogP contribution in [0.15, 0.2) is 30.5 Å². The van der Waals surface area contributed by atoms with Crippen molar-refractivity contribution in [2.75, 3.05) is 27.9 Å². The predicted octanol–water partition coefficient (Wildman–Crippen LogP) is 0.569. The van der Waals surface area contributed by atoms with Crippen molar-refractivity contribution in [1.82, 2.24) is 15.2 Å². The number of nitrogens with two attached hydrogens (primary N) is 2. The van der Waals surface area contributed by atoms with Crippen LogP contribution in [0.1, 0.15) is 29.7 Å². The molecule has 11 nitrogen and oxygen atoms in total. The number of carbonyl (C=O) groups is 2. The lowest BCUT2D eigenvalue weighted by atomic mass is 10.0. The van der Waals surface area contributed by atoms with Gasteiger partial charge in [-0.25, -0.2) is 0 Å². The lowest BCUT2D eigenvalue weighted by Gasteiger charge is -2.27. The molecule has 188 valence electrons. The summed E-state index contributed by atoms with van der Waals surface area (Å²) >= 11 is 0. The number of benzene rings is 1. The van der Waals surface area contributed by atoms with E-state index < -0.39 is 12.1 Å². The molecule has 0 saturated carbocycles. The highest BCUT2D eigenvalue weighted by molar-refractivity contribution is 5.93. The summed E-state index contributed by atoms with van der Waals surface area (Å²) in [6.45, 7) is 0.717. The van der Waals surface area contributed by atoms with E-state index in [-0.39, 0.29) is 30.6 Å². The normalized spacial score (nSPS) is 15.9. The molecule has 1 aliphatic rings. The quantitative estimate of drug-likeness (QED) is 0.281. The van der Waals surface area contributed by atoms with E-state index in [1.807, 2.05) is 0 Å². The molecule has 0 aliphatic carbocycles. The molecule has 11 heteroatoms. The number of amides is 2. The summed E-state index contributed by atoms with van der Waals surface area (Å²) in [6, 6.07) is 5.46. The van der Waals surface area contributed by atoms with Crippen LogP contribution in [0.25, 0.3) is 0 Å². The number of rotatable bonds is 10. The number of nitrogens with zero attached hydrogens (tertiary/aromatic N) is 2. The van der Waals surface area contributed by atoms with Crippen LogP contribution in [0, 0.1) is 5.41 Å². The minimum Gasteiger partial charge on any atom is -0.493 e. The Morgan fingerprint density at radius 1 is 1.17 bits per heavy atom. The predicted molar refractivity (Wildman–Crippen MR) is 130 cm³/mol. The monoisotopic (exact) mass is 484 g/mol. The molecule has 1 saturated heterocycles. The third-order valence-corrected chi connectivity index (χ3v) is 5.90. The number of hydrogen-bond acceptors (Lipinski definition) is 8. The van der Waals surface area contributed by atoms with Gasteiger partial charge in [-0.1, -0.05) is 6.07 Å². The van der Waals surface area contributed by atoms with E-state index in [0.29, 0.717) is 35.9 Å². The van der Waals surface area contributed by atoms with Gasteiger partial charge in [0.05, 0.1) is 27.4 Å². The van der Waals surface area contributed by atoms with Gasteiger partial charge < -0.3 is 35.9 Å². The van der Waals surface area contributed by atoms with Crippen LogP contribution in [0.4, 0.5) is 0 Å². The van der Waals surface area contributed by atoms with Gasteiger partial charge in [0.25, 0.3) is 0 Å². The van der Waals surface area contributed by atoms with Gasteiger partial charge in [-0.3, -0.25) is 20.0 Å². The van der Waals surface area contributed by atoms with Crippen LogP contribution in [0.2, 0.25) is 0 Å². The van der Waals surface area contributed by atoms with Crippen LogP contribution in [0.3, 0.4) is 0 Å². The maximum atomic E-state index is 13.2. The maximum Gasteiger partial charge on any atom is 0.243 e. The number of methoxy groups -OCH3 is 3. The summed E-state index contributed by atoms with van der Waals surface area (Å²) < 4.78 is 16.1. The van der Waals surface area contributed by atoms with Crippen LogP contribution in [0.5, 0.6) is 17.2 Å². The molecule has 0 radical (unpaired) electrons. The van der Waals surface area contributed by atoms with Crippen LogP contribution in [-0.4, -0.2) is 67.5 Å². The smallest absolute Gasteiger partial charge is 0.243 e. The third-order valence-electron chi connectivity index (χ3n) is 5.90. The molecule has 3 rings (SSSR count). The molecular weight excluding hydrogens is 452 g/mol. The molecule has 1 fully saturated rings. The Bertz CT molecular complexity index is 1050. The zero-order valence-corrected chi connectivity index (χ0v) is 20.2. The highest BCUT2D eigenvalue weighted by atomic mass is 16.5. The first-order valence-corrected chi connectivity index (χ1v) is 11.2. The average molecular weight is 485 g/mol. The van der Waals surface area contributed by atoms with Crippen molar-refractivity contribution in [2.24, 2.45) is 11.5 Å². The first-order chi connectivity index (χ1) is 16.8. The molecule has 6 N–H and O–H groups in total. The summed E-state index contributed by atoms with van der Waals surface area (Å²) in [5.41, 5.74) is 13.6. The van der Waals surface area contributed by atoms with E-state index in [9.17, 15) is 9.59 Å². The lowest BCUT2D eigenvalue weighted by molar-refractivity contribution is -0.139. The molecular formula is C24H32N6O5. The van der Waals surface area contributed by atoms with E-state index in [1.165, 1.54) is 21.3 Å². The number of amidine groups is 1. The zero-order valence-electron chi connectivity index (χ0n) is 20.2. The van der Waals surface area contributed by atoms with Crippen molar-refractivity contribution in [1.29, 1.82) is 5.41 Å². The van der Waals surface area contributed by atoms with E-state index in [1.54, 1.807) is 35.4 Å². The van der Waals surface area contributed by atoms with Gasteiger partial charge in [0, 0.05) is 19.3 Å². The van der Waals surface area contributed by atoms with E-state index in [0.717, 1.165) is 17.5 Å². The molecule has 0 bridgehead atoms. The zero-order chi connectivity index (χ0) is 25.5. The van der Waals surface area contributed by atoms with E-state index >= 15 is 0 Å². The van der Waals surface area contributed by atoms with Gasteiger partial charge in [-0.05, 0) is 48.6 Å². The molecule has 35 heavy (non-hydrogen) atoms. The summed E-state index contributed by atoms with van der Waals surface area (Å²) in [7, 11) is 4.56. The highest BCUT2D eigenvalue weighted by Crippen LogP contribution is 2.38. The van der Waals surface area contributed by atoms with Gasteiger partial charge in [0.1, 0.15) is 17.6 Å². The number of nitrogens with one attached hydrogen (secondary N) is 2. The number of likely N-dealkylation sites (tertiary alicyclic amines) is 1. The van der Waals surface area contributed by atoms with Gasteiger partial charge >= 0.3 is 0 Å². The first kappa shape index (κ1) is 25.8. The van der Waals surface area contributed by atoms with E-state index in [2.05, 4.69) is 10.3 Å². The van der Waals surface area contributed by atoms with Crippen molar-refractivity contribution < 1.29 is 23.8 Å². The topological polar surface area (TPSA) is 166 Å². The molecule has 0 unspecified atom stereocenters. The number of hydrogen-bond donors (Lipinski definition) is 4. The minimum atomic E-state index is -0.838. The van der Waals surface area contributed by atoms with Crippen LogP contribution < -0.4 is 31.0 Å². The molecule has 2 aromatic rings. The van der Waals surface area contributed by atoms with Crippen molar-refractivity contribution in [2.45, 2.75) is 37.9 Å². The average Bonchev–Trinajstić information content (AvgIpc) is 3.36. The van der Waals surface area contributed by atoms with Gasteiger partial charge in [-0.15, -0.1) is 0 Å². The fourth-order valence-corrected chi connectivity index (χ4v) is 4.11. The molecule has 2 amide bonds. The number of pyridine rings is 1. The van der Waals surface area contributed by atoms with Crippen molar-refractivity contribution >= 4 is 17.6 Å². The Kier molecular flexibility index (Phi) is 8.48. The fourth-order valence-electron chi connectivity index (χ4n) is 4.11. The fraction of sp³-hybridized carbons (Fsp3) is 0.417. The molecule has 1 aliphatic heterocycles. The molecule has 2 heterocycles. The minimum absolute atomic E-state index is 0.122. The van der Waals surface area contributed by atoms with Gasteiger partial charge in [0.15, 0.2) is 11.5 Å². The number of ether oxygens (including phenoxy) is 3. The Hall–Kier alpha value is -3.86. The maximum absolute atomic E-state index is 13.2. The molecule has 2 atom stereocenters. The SMILES string of the molecule is COc1cc(C[C@H](N)C(=O)N2CCC[C@H]2C(=O)NCc2ccc(C(=N)N)nc2)cc(OC)c1OC. The third kappa shape index (κ3) is 5.99. The van der Waals surface area contributed by atoms with Gasteiger partial charge in [0.2, 0.25) is 17.6 Å². The van der Waals surface area contributed by atoms with Gasteiger partial charge in [-0.2, -0.15) is 0 Å². The molecule has 1 aromatic carbocycles. The van der Waals surface area contributed by atoms with Crippen LogP contribution >= 0.6 is 0 Å². The lowest BCUT2D eigenvalue weighted by Crippen LogP contribution is -2.51. The van der Waals surface area contributed by atoms with Crippen LogP contribution in [-0.2, 0) is 22.6 Å². The Morgan fingerprint density at radius 3 is 2.40 bits per heavy atom. The van der Waals surface area contributed by atoms with E-state index in [4.69, 9.17) is 31.1 Å². The Labute approximate surface area is 204 Å². The standard InChI is InChI=1S/C24H32N6O5/c1-33-19-10-15(11-20(34-2)21(19)35-3)9-16(25)24(32)30-8-4-5-18(30)23(31)29-13-14-6-7-17(22(26)27)28-12-14/h6-7,10-12,16,18H,4-5,8-9,13,25H2,1-3H3,(H3,26,27)(H,29,31)/t16-,18-/m0/s1.